The number of rotatable bonds is 5. The molecule has 18 heavy (non-hydrogen) atoms. The van der Waals surface area contributed by atoms with Gasteiger partial charge in [-0.2, -0.15) is 0 Å². The molecule has 1 heterocycles. The van der Waals surface area contributed by atoms with Crippen molar-refractivity contribution in [3.63, 3.8) is 0 Å². The van der Waals surface area contributed by atoms with Crippen LogP contribution in [0.2, 0.25) is 0 Å². The summed E-state index contributed by atoms with van der Waals surface area (Å²) in [4.78, 5) is 11.6. The minimum atomic E-state index is -0.232. The summed E-state index contributed by atoms with van der Waals surface area (Å²) in [6.07, 6.45) is 0.0315. The first-order chi connectivity index (χ1) is 8.69. The Morgan fingerprint density at radius 1 is 1.56 bits per heavy atom. The van der Waals surface area contributed by atoms with E-state index in [2.05, 4.69) is 5.32 Å². The molecule has 0 saturated carbocycles. The molecule has 3 N–H and O–H groups in total. The SMILES string of the molecule is COc1cc(N)ccc1NC(=O)COC1COC1. The van der Waals surface area contributed by atoms with Gasteiger partial charge in [0.05, 0.1) is 26.0 Å². The number of benzene rings is 1. The number of nitrogen functional groups attached to an aromatic ring is 1. The maximum absolute atomic E-state index is 11.6. The van der Waals surface area contributed by atoms with E-state index in [9.17, 15) is 4.79 Å². The number of carbonyl (C=O) groups excluding carboxylic acids is 1. The average molecular weight is 252 g/mol. The number of nitrogens with two attached hydrogens (primary N) is 1. The smallest absolute Gasteiger partial charge is 0.250 e. The van der Waals surface area contributed by atoms with E-state index in [1.165, 1.54) is 7.11 Å². The van der Waals surface area contributed by atoms with Crippen LogP contribution in [0, 0.1) is 0 Å². The van der Waals surface area contributed by atoms with Crippen LogP contribution in [0.5, 0.6) is 5.75 Å². The lowest BCUT2D eigenvalue weighted by atomic mass is 10.2. The lowest BCUT2D eigenvalue weighted by molar-refractivity contribution is -0.144. The zero-order valence-electron chi connectivity index (χ0n) is 10.1. The van der Waals surface area contributed by atoms with Crippen LogP contribution in [0.25, 0.3) is 0 Å². The number of ether oxygens (including phenoxy) is 3. The van der Waals surface area contributed by atoms with E-state index in [0.29, 0.717) is 30.3 Å². The molecule has 0 aromatic heterocycles. The van der Waals surface area contributed by atoms with Crippen molar-refractivity contribution in [2.24, 2.45) is 0 Å². The van der Waals surface area contributed by atoms with E-state index in [1.54, 1.807) is 18.2 Å². The van der Waals surface area contributed by atoms with Gasteiger partial charge in [-0.1, -0.05) is 0 Å². The van der Waals surface area contributed by atoms with Crippen LogP contribution in [0.1, 0.15) is 0 Å². The summed E-state index contributed by atoms with van der Waals surface area (Å²) in [5, 5.41) is 2.71. The molecule has 2 rings (SSSR count). The van der Waals surface area contributed by atoms with Gasteiger partial charge in [0.25, 0.3) is 0 Å². The molecular weight excluding hydrogens is 236 g/mol. The Kier molecular flexibility index (Phi) is 4.01. The Labute approximate surface area is 105 Å². The van der Waals surface area contributed by atoms with Gasteiger partial charge in [-0.25, -0.2) is 0 Å². The number of hydrogen-bond acceptors (Lipinski definition) is 5. The van der Waals surface area contributed by atoms with Crippen LogP contribution in [-0.2, 0) is 14.3 Å². The molecule has 0 radical (unpaired) electrons. The Balaban J connectivity index is 1.89. The fraction of sp³-hybridized carbons (Fsp3) is 0.417. The fourth-order valence-electron chi connectivity index (χ4n) is 1.50. The molecule has 1 aliphatic heterocycles. The molecule has 0 atom stereocenters. The van der Waals surface area contributed by atoms with Gasteiger partial charge in [0, 0.05) is 11.8 Å². The molecule has 1 fully saturated rings. The average Bonchev–Trinajstić information content (AvgIpc) is 2.29. The van der Waals surface area contributed by atoms with Gasteiger partial charge in [-0.15, -0.1) is 0 Å². The topological polar surface area (TPSA) is 82.8 Å². The van der Waals surface area contributed by atoms with Crippen molar-refractivity contribution in [2.45, 2.75) is 6.10 Å². The van der Waals surface area contributed by atoms with E-state index >= 15 is 0 Å². The van der Waals surface area contributed by atoms with Crippen molar-refractivity contribution in [1.82, 2.24) is 0 Å². The van der Waals surface area contributed by atoms with Gasteiger partial charge in [-0.05, 0) is 12.1 Å². The van der Waals surface area contributed by atoms with Gasteiger partial charge in [0.15, 0.2) is 0 Å². The monoisotopic (exact) mass is 252 g/mol. The van der Waals surface area contributed by atoms with Gasteiger partial charge >= 0.3 is 0 Å². The number of anilines is 2. The molecule has 1 amide bonds. The van der Waals surface area contributed by atoms with E-state index in [0.717, 1.165) is 0 Å². The largest absolute Gasteiger partial charge is 0.494 e. The molecule has 6 heteroatoms. The highest BCUT2D eigenvalue weighted by molar-refractivity contribution is 5.93. The highest BCUT2D eigenvalue weighted by Crippen LogP contribution is 2.26. The first-order valence-corrected chi connectivity index (χ1v) is 5.61. The van der Waals surface area contributed by atoms with Gasteiger partial charge in [0.2, 0.25) is 5.91 Å². The standard InChI is InChI=1S/C12H16N2O4/c1-16-11-4-8(13)2-3-10(11)14-12(15)7-18-9-5-17-6-9/h2-4,9H,5-7,13H2,1H3,(H,14,15). The molecule has 0 bridgehead atoms. The zero-order valence-corrected chi connectivity index (χ0v) is 10.1. The maximum Gasteiger partial charge on any atom is 0.250 e. The van der Waals surface area contributed by atoms with Gasteiger partial charge in [-0.3, -0.25) is 4.79 Å². The fourth-order valence-corrected chi connectivity index (χ4v) is 1.50. The third-order valence-electron chi connectivity index (χ3n) is 2.56. The van der Waals surface area contributed by atoms with Crippen molar-refractivity contribution in [2.75, 3.05) is 38.0 Å². The molecular formula is C12H16N2O4. The molecule has 6 nitrogen and oxygen atoms in total. The number of methoxy groups -OCH3 is 1. The highest BCUT2D eigenvalue weighted by atomic mass is 16.6. The van der Waals surface area contributed by atoms with E-state index in [1.807, 2.05) is 0 Å². The second-order valence-electron chi connectivity index (χ2n) is 3.98. The molecule has 1 aromatic carbocycles. The minimum absolute atomic E-state index is 0.00155. The number of carbonyl (C=O) groups is 1. The molecule has 0 aliphatic carbocycles. The number of hydrogen-bond donors (Lipinski definition) is 2. The van der Waals surface area contributed by atoms with Crippen LogP contribution in [0.15, 0.2) is 18.2 Å². The lowest BCUT2D eigenvalue weighted by Gasteiger charge is -2.25. The zero-order chi connectivity index (χ0) is 13.0. The maximum atomic E-state index is 11.6. The number of amides is 1. The molecule has 98 valence electrons. The normalized spacial score (nSPS) is 14.9. The number of nitrogens with one attached hydrogen (secondary N) is 1. The summed E-state index contributed by atoms with van der Waals surface area (Å²) in [7, 11) is 1.52. The van der Waals surface area contributed by atoms with Crippen LogP contribution in [0.3, 0.4) is 0 Å². The molecule has 1 aromatic rings. The minimum Gasteiger partial charge on any atom is -0.494 e. The summed E-state index contributed by atoms with van der Waals surface area (Å²) in [6.45, 7) is 1.11. The Morgan fingerprint density at radius 2 is 2.33 bits per heavy atom. The van der Waals surface area contributed by atoms with E-state index in [4.69, 9.17) is 19.9 Å². The Hall–Kier alpha value is -1.79. The lowest BCUT2D eigenvalue weighted by Crippen LogP contribution is -2.38. The third-order valence-corrected chi connectivity index (χ3v) is 2.56. The Bertz CT molecular complexity index is 432. The predicted molar refractivity (Wildman–Crippen MR) is 66.6 cm³/mol. The summed E-state index contributed by atoms with van der Waals surface area (Å²) in [6, 6.07) is 5.04. The van der Waals surface area contributed by atoms with Crippen molar-refractivity contribution >= 4 is 17.3 Å². The summed E-state index contributed by atoms with van der Waals surface area (Å²) in [5.74, 6) is 0.292. The summed E-state index contributed by atoms with van der Waals surface area (Å²) < 4.78 is 15.4. The quantitative estimate of drug-likeness (QED) is 0.751. The molecule has 0 unspecified atom stereocenters. The highest BCUT2D eigenvalue weighted by Gasteiger charge is 2.20. The second-order valence-corrected chi connectivity index (χ2v) is 3.98. The van der Waals surface area contributed by atoms with Gasteiger partial charge in [0.1, 0.15) is 18.5 Å². The van der Waals surface area contributed by atoms with Gasteiger partial charge < -0.3 is 25.3 Å². The van der Waals surface area contributed by atoms with Crippen molar-refractivity contribution < 1.29 is 19.0 Å². The Morgan fingerprint density at radius 3 is 2.94 bits per heavy atom. The van der Waals surface area contributed by atoms with Crippen molar-refractivity contribution in [1.29, 1.82) is 0 Å². The molecule has 1 saturated heterocycles. The van der Waals surface area contributed by atoms with Crippen LogP contribution in [-0.4, -0.2) is 38.9 Å². The molecule has 0 spiro atoms. The first kappa shape index (κ1) is 12.7. The first-order valence-electron chi connectivity index (χ1n) is 5.61. The van der Waals surface area contributed by atoms with E-state index in [-0.39, 0.29) is 18.6 Å². The van der Waals surface area contributed by atoms with Crippen molar-refractivity contribution in [3.8, 4) is 5.75 Å². The van der Waals surface area contributed by atoms with Crippen LogP contribution < -0.4 is 15.8 Å². The summed E-state index contributed by atoms with van der Waals surface area (Å²) >= 11 is 0. The summed E-state index contributed by atoms with van der Waals surface area (Å²) in [5.41, 5.74) is 6.78. The van der Waals surface area contributed by atoms with Crippen molar-refractivity contribution in [3.05, 3.63) is 18.2 Å². The molecule has 1 aliphatic rings. The van der Waals surface area contributed by atoms with Crippen LogP contribution >= 0.6 is 0 Å². The predicted octanol–water partition coefficient (Wildman–Crippen LogP) is 0.631. The third kappa shape index (κ3) is 3.12. The van der Waals surface area contributed by atoms with Crippen LogP contribution in [0.4, 0.5) is 11.4 Å². The second kappa shape index (κ2) is 5.70. The van der Waals surface area contributed by atoms with E-state index < -0.39 is 0 Å².